The summed E-state index contributed by atoms with van der Waals surface area (Å²) in [5.41, 5.74) is -0.506. The Labute approximate surface area is 269 Å². The zero-order valence-electron chi connectivity index (χ0n) is 25.1. The van der Waals surface area contributed by atoms with Crippen LogP contribution < -0.4 is 15.4 Å². The Balaban J connectivity index is 1.66. The minimum absolute atomic E-state index is 0.0455. The van der Waals surface area contributed by atoms with Gasteiger partial charge in [0.05, 0.1) is 37.2 Å². The highest BCUT2D eigenvalue weighted by Crippen LogP contribution is 2.39. The molecule has 0 spiro atoms. The number of carbonyl (C=O) groups excluding carboxylic acids is 1. The van der Waals surface area contributed by atoms with Gasteiger partial charge in [0.15, 0.2) is 5.82 Å². The summed E-state index contributed by atoms with van der Waals surface area (Å²) in [7, 11) is -2.70. The number of ether oxygens (including phenoxy) is 1. The van der Waals surface area contributed by atoms with Crippen LogP contribution in [0.3, 0.4) is 0 Å². The number of nitrogens with one attached hydrogen (secondary N) is 2. The molecule has 1 fully saturated rings. The van der Waals surface area contributed by atoms with Crippen molar-refractivity contribution in [1.82, 2.24) is 25.2 Å². The molecule has 242 valence electrons. The standard InChI is InChI=1S/C31H28FN7O7S/c1-45-26-5-3-4-23(32)27(26)28-36-11-9-25(37-28)29(40)38-24-7-6-19(21-16-34-10-8-20(21)15-33)14-22(24)31(18-46-47(2,43)44)17-35-12-13-39(31)30(41)42/h3-11,14,16,35H,12-13,17-18H2,1-2H3,(H,38,40)(H,41,42). The zero-order chi connectivity index (χ0) is 33.8. The van der Waals surface area contributed by atoms with Gasteiger partial charge in [0, 0.05) is 55.0 Å². The fourth-order valence-electron chi connectivity index (χ4n) is 5.34. The lowest BCUT2D eigenvalue weighted by molar-refractivity contribution is 0.0242. The molecule has 16 heteroatoms. The first-order valence-electron chi connectivity index (χ1n) is 14.0. The topological polar surface area (TPSA) is 197 Å². The fourth-order valence-corrected chi connectivity index (χ4v) is 5.75. The first kappa shape index (κ1) is 32.9. The van der Waals surface area contributed by atoms with Crippen molar-refractivity contribution in [2.24, 2.45) is 0 Å². The number of hydrogen-bond donors (Lipinski definition) is 3. The van der Waals surface area contributed by atoms with Crippen LogP contribution in [-0.4, -0.2) is 85.0 Å². The van der Waals surface area contributed by atoms with E-state index in [1.165, 1.54) is 62.1 Å². The summed E-state index contributed by atoms with van der Waals surface area (Å²) >= 11 is 0. The summed E-state index contributed by atoms with van der Waals surface area (Å²) in [6, 6.07) is 13.7. The maximum atomic E-state index is 14.8. The molecule has 1 aliphatic rings. The summed E-state index contributed by atoms with van der Waals surface area (Å²) in [5, 5.41) is 25.9. The molecule has 3 N–H and O–H groups in total. The van der Waals surface area contributed by atoms with Gasteiger partial charge in [-0.3, -0.25) is 18.9 Å². The fraction of sp³-hybridized carbons (Fsp3) is 0.226. The van der Waals surface area contributed by atoms with Crippen molar-refractivity contribution in [2.45, 2.75) is 5.54 Å². The Bertz CT molecular complexity index is 2000. The Hall–Kier alpha value is -5.50. The predicted molar refractivity (Wildman–Crippen MR) is 166 cm³/mol. The summed E-state index contributed by atoms with van der Waals surface area (Å²) < 4.78 is 49.6. The third-order valence-electron chi connectivity index (χ3n) is 7.52. The van der Waals surface area contributed by atoms with Crippen LogP contribution in [0.15, 0.2) is 67.1 Å². The largest absolute Gasteiger partial charge is 0.496 e. The van der Waals surface area contributed by atoms with Crippen molar-refractivity contribution < 1.29 is 36.4 Å². The number of carboxylic acid groups (broad SMARTS) is 1. The highest BCUT2D eigenvalue weighted by Gasteiger charge is 2.46. The minimum Gasteiger partial charge on any atom is -0.496 e. The zero-order valence-corrected chi connectivity index (χ0v) is 25.9. The maximum absolute atomic E-state index is 14.8. The van der Waals surface area contributed by atoms with Gasteiger partial charge in [-0.25, -0.2) is 19.2 Å². The Morgan fingerprint density at radius 1 is 1.21 bits per heavy atom. The number of methoxy groups -OCH3 is 1. The number of halogens is 1. The molecule has 1 unspecified atom stereocenters. The molecule has 2 aromatic carbocycles. The molecule has 14 nitrogen and oxygen atoms in total. The minimum atomic E-state index is -4.06. The molecule has 1 saturated heterocycles. The van der Waals surface area contributed by atoms with Gasteiger partial charge < -0.3 is 20.5 Å². The van der Waals surface area contributed by atoms with Crippen LogP contribution in [0.4, 0.5) is 14.9 Å². The van der Waals surface area contributed by atoms with Gasteiger partial charge in [-0.05, 0) is 42.0 Å². The first-order chi connectivity index (χ1) is 22.5. The quantitative estimate of drug-likeness (QED) is 0.222. The van der Waals surface area contributed by atoms with Gasteiger partial charge in [-0.2, -0.15) is 13.7 Å². The normalized spacial score (nSPS) is 16.3. The molecule has 5 rings (SSSR count). The number of anilines is 1. The van der Waals surface area contributed by atoms with Crippen LogP contribution in [-0.2, 0) is 19.8 Å². The SMILES string of the molecule is COc1cccc(F)c1-c1nccc(C(=O)Nc2ccc(-c3cnccc3C#N)cc2C2(COS(C)(=O)=O)CNCCN2C(=O)O)n1. The van der Waals surface area contributed by atoms with Gasteiger partial charge >= 0.3 is 6.09 Å². The molecule has 1 aliphatic heterocycles. The first-order valence-corrected chi connectivity index (χ1v) is 15.8. The molecule has 4 aromatic rings. The van der Waals surface area contributed by atoms with Gasteiger partial charge in [0.1, 0.15) is 22.8 Å². The van der Waals surface area contributed by atoms with E-state index in [-0.39, 0.29) is 59.3 Å². The van der Waals surface area contributed by atoms with Crippen molar-refractivity contribution in [1.29, 1.82) is 5.26 Å². The van der Waals surface area contributed by atoms with Crippen LogP contribution >= 0.6 is 0 Å². The molecule has 3 heterocycles. The van der Waals surface area contributed by atoms with Gasteiger partial charge in [0.2, 0.25) is 0 Å². The number of amides is 2. The molecular formula is C31H28FN7O7S. The van der Waals surface area contributed by atoms with Crippen molar-refractivity contribution in [3.63, 3.8) is 0 Å². The van der Waals surface area contributed by atoms with Crippen LogP contribution in [0.1, 0.15) is 21.6 Å². The van der Waals surface area contributed by atoms with Crippen molar-refractivity contribution in [3.8, 4) is 34.3 Å². The third-order valence-corrected chi connectivity index (χ3v) is 8.06. The predicted octanol–water partition coefficient (Wildman–Crippen LogP) is 3.23. The number of hydrogen-bond acceptors (Lipinski definition) is 11. The van der Waals surface area contributed by atoms with Crippen molar-refractivity contribution in [3.05, 3.63) is 89.8 Å². The monoisotopic (exact) mass is 661 g/mol. The van der Waals surface area contributed by atoms with Crippen LogP contribution in [0, 0.1) is 17.1 Å². The van der Waals surface area contributed by atoms with E-state index in [4.69, 9.17) is 8.92 Å². The molecule has 0 radical (unpaired) electrons. The van der Waals surface area contributed by atoms with Crippen LogP contribution in [0.2, 0.25) is 0 Å². The average molecular weight is 662 g/mol. The van der Waals surface area contributed by atoms with Gasteiger partial charge in [-0.15, -0.1) is 0 Å². The van der Waals surface area contributed by atoms with Crippen LogP contribution in [0.5, 0.6) is 5.75 Å². The second kappa shape index (κ2) is 13.5. The second-order valence-corrected chi connectivity index (χ2v) is 12.1. The lowest BCUT2D eigenvalue weighted by atomic mass is 9.83. The molecule has 2 aromatic heterocycles. The molecule has 0 saturated carbocycles. The van der Waals surface area contributed by atoms with Crippen molar-refractivity contribution >= 4 is 27.8 Å². The van der Waals surface area contributed by atoms with E-state index < -0.39 is 40.1 Å². The summed E-state index contributed by atoms with van der Waals surface area (Å²) in [6.07, 6.45) is 3.67. The van der Waals surface area contributed by atoms with E-state index in [0.717, 1.165) is 11.2 Å². The number of nitrogens with zero attached hydrogens (tertiary/aromatic N) is 5. The van der Waals surface area contributed by atoms with Crippen molar-refractivity contribution in [2.75, 3.05) is 44.9 Å². The number of rotatable bonds is 9. The maximum Gasteiger partial charge on any atom is 0.408 e. The Morgan fingerprint density at radius 2 is 2.02 bits per heavy atom. The average Bonchev–Trinajstić information content (AvgIpc) is 3.07. The lowest BCUT2D eigenvalue weighted by Gasteiger charge is -2.46. The molecule has 0 aliphatic carbocycles. The molecular weight excluding hydrogens is 633 g/mol. The lowest BCUT2D eigenvalue weighted by Crippen LogP contribution is -2.63. The Kier molecular flexibility index (Phi) is 9.42. The smallest absolute Gasteiger partial charge is 0.408 e. The van der Waals surface area contributed by atoms with E-state index in [2.05, 4.69) is 31.7 Å². The van der Waals surface area contributed by atoms with E-state index in [0.29, 0.717) is 11.1 Å². The van der Waals surface area contributed by atoms with Crippen LogP contribution in [0.25, 0.3) is 22.5 Å². The molecule has 47 heavy (non-hydrogen) atoms. The number of piperazine rings is 1. The number of benzene rings is 2. The van der Waals surface area contributed by atoms with E-state index in [1.807, 2.05) is 0 Å². The van der Waals surface area contributed by atoms with E-state index in [9.17, 15) is 32.8 Å². The molecule has 0 bridgehead atoms. The molecule has 1 atom stereocenters. The molecule has 2 amide bonds. The number of aromatic nitrogens is 3. The highest BCUT2D eigenvalue weighted by atomic mass is 32.2. The second-order valence-electron chi connectivity index (χ2n) is 10.4. The Morgan fingerprint density at radius 3 is 2.74 bits per heavy atom. The highest BCUT2D eigenvalue weighted by molar-refractivity contribution is 7.85. The van der Waals surface area contributed by atoms with Gasteiger partial charge in [0.25, 0.3) is 16.0 Å². The van der Waals surface area contributed by atoms with E-state index in [1.54, 1.807) is 12.1 Å². The van der Waals surface area contributed by atoms with Gasteiger partial charge in [-0.1, -0.05) is 12.1 Å². The van der Waals surface area contributed by atoms with E-state index >= 15 is 0 Å². The number of carbonyl (C=O) groups is 2. The number of nitriles is 1. The third kappa shape index (κ3) is 6.87. The summed E-state index contributed by atoms with van der Waals surface area (Å²) in [5.74, 6) is -1.39. The number of pyridine rings is 1. The summed E-state index contributed by atoms with van der Waals surface area (Å²) in [4.78, 5) is 39.9. The summed E-state index contributed by atoms with van der Waals surface area (Å²) in [6.45, 7) is -0.515.